The second-order valence-electron chi connectivity index (χ2n) is 3.64. The molecule has 0 aromatic heterocycles. The van der Waals surface area contributed by atoms with E-state index in [1.807, 2.05) is 0 Å². The van der Waals surface area contributed by atoms with Crippen molar-refractivity contribution in [3.8, 4) is 0 Å². The zero-order chi connectivity index (χ0) is 9.68. The molecule has 0 aromatic carbocycles. The summed E-state index contributed by atoms with van der Waals surface area (Å²) in [5.41, 5.74) is 0. The van der Waals surface area contributed by atoms with Crippen LogP contribution in [0.3, 0.4) is 0 Å². The first-order valence-electron chi connectivity index (χ1n) is 4.84. The molecule has 1 unspecified atom stereocenters. The Labute approximate surface area is 85.3 Å². The van der Waals surface area contributed by atoms with Gasteiger partial charge >= 0.3 is 0 Å². The minimum absolute atomic E-state index is 0.513. The normalized spacial score (nSPS) is 21.4. The van der Waals surface area contributed by atoms with Gasteiger partial charge in [0.15, 0.2) is 0 Å². The third kappa shape index (κ3) is 4.12. The molecule has 1 fully saturated rings. The average molecular weight is 204 g/mol. The molecular weight excluding hydrogens is 186 g/mol. The van der Waals surface area contributed by atoms with Crippen molar-refractivity contribution in [3.63, 3.8) is 0 Å². The van der Waals surface area contributed by atoms with Crippen LogP contribution < -0.4 is 5.32 Å². The smallest absolute Gasteiger partial charge is 0.0469 e. The van der Waals surface area contributed by atoms with Crippen molar-refractivity contribution in [1.82, 2.24) is 5.32 Å². The summed E-state index contributed by atoms with van der Waals surface area (Å²) in [5.74, 6) is 0.727. The minimum atomic E-state index is 0.513. The number of hydrogen-bond donors (Lipinski definition) is 1. The maximum atomic E-state index is 5.68. The van der Waals surface area contributed by atoms with Gasteiger partial charge in [-0.3, -0.25) is 0 Å². The van der Waals surface area contributed by atoms with Crippen LogP contribution in [0, 0.1) is 5.92 Å². The van der Waals surface area contributed by atoms with Crippen molar-refractivity contribution < 1.29 is 4.74 Å². The minimum Gasteiger partial charge on any atom is -0.381 e. The first-order chi connectivity index (χ1) is 6.20. The van der Waals surface area contributed by atoms with Crippen LogP contribution in [0.15, 0.2) is 11.6 Å². The van der Waals surface area contributed by atoms with Crippen molar-refractivity contribution in [3.05, 3.63) is 11.6 Å². The van der Waals surface area contributed by atoms with Crippen LogP contribution in [-0.4, -0.2) is 25.8 Å². The van der Waals surface area contributed by atoms with Crippen molar-refractivity contribution in [1.29, 1.82) is 0 Å². The highest BCUT2D eigenvalue weighted by Crippen LogP contribution is 2.18. The molecule has 1 atom stereocenters. The van der Waals surface area contributed by atoms with Crippen molar-refractivity contribution in [2.75, 3.05) is 19.8 Å². The Hall–Kier alpha value is -0.0500. The third-order valence-electron chi connectivity index (χ3n) is 2.59. The number of halogens is 1. The van der Waals surface area contributed by atoms with E-state index in [-0.39, 0.29) is 0 Å². The van der Waals surface area contributed by atoms with E-state index in [1.54, 1.807) is 0 Å². The van der Waals surface area contributed by atoms with Gasteiger partial charge in [-0.15, -0.1) is 0 Å². The molecule has 1 aliphatic rings. The van der Waals surface area contributed by atoms with Crippen molar-refractivity contribution in [2.45, 2.75) is 25.8 Å². The maximum Gasteiger partial charge on any atom is 0.0469 e. The van der Waals surface area contributed by atoms with Crippen LogP contribution in [0.4, 0.5) is 0 Å². The quantitative estimate of drug-likeness (QED) is 0.756. The summed E-state index contributed by atoms with van der Waals surface area (Å²) >= 11 is 5.68. The van der Waals surface area contributed by atoms with Gasteiger partial charge < -0.3 is 10.1 Å². The highest BCUT2D eigenvalue weighted by Gasteiger charge is 2.19. The molecule has 0 bridgehead atoms. The van der Waals surface area contributed by atoms with Gasteiger partial charge in [-0.1, -0.05) is 18.2 Å². The van der Waals surface area contributed by atoms with Crippen LogP contribution in [0.1, 0.15) is 19.8 Å². The highest BCUT2D eigenvalue weighted by molar-refractivity contribution is 6.29. The summed E-state index contributed by atoms with van der Waals surface area (Å²) in [6.07, 6.45) is 2.31. The van der Waals surface area contributed by atoms with Crippen molar-refractivity contribution in [2.24, 2.45) is 5.92 Å². The first-order valence-corrected chi connectivity index (χ1v) is 5.22. The fourth-order valence-electron chi connectivity index (χ4n) is 1.65. The molecule has 0 aromatic rings. The lowest BCUT2D eigenvalue weighted by molar-refractivity contribution is 0.0564. The summed E-state index contributed by atoms with van der Waals surface area (Å²) in [5, 5.41) is 4.04. The molecule has 13 heavy (non-hydrogen) atoms. The Morgan fingerprint density at radius 2 is 2.23 bits per heavy atom. The standard InChI is InChI=1S/C10H18ClNO/c1-8(11)7-12-9(2)10-3-5-13-6-4-10/h9-10,12H,1,3-7H2,2H3. The summed E-state index contributed by atoms with van der Waals surface area (Å²) in [7, 11) is 0. The largest absolute Gasteiger partial charge is 0.381 e. The van der Waals surface area contributed by atoms with Gasteiger partial charge in [0.05, 0.1) is 0 Å². The Bertz CT molecular complexity index is 166. The fourth-order valence-corrected chi connectivity index (χ4v) is 1.73. The molecule has 1 saturated heterocycles. The van der Waals surface area contributed by atoms with Gasteiger partial charge in [-0.25, -0.2) is 0 Å². The first kappa shape index (κ1) is 11.0. The van der Waals surface area contributed by atoms with Crippen LogP contribution >= 0.6 is 11.6 Å². The van der Waals surface area contributed by atoms with Gasteiger partial charge in [-0.2, -0.15) is 0 Å². The molecule has 1 rings (SSSR count). The second kappa shape index (κ2) is 5.63. The Balaban J connectivity index is 2.20. The van der Waals surface area contributed by atoms with E-state index >= 15 is 0 Å². The summed E-state index contributed by atoms with van der Waals surface area (Å²) in [6, 6.07) is 0.513. The SMILES string of the molecule is C=C(Cl)CNC(C)C1CCOCC1. The zero-order valence-electron chi connectivity index (χ0n) is 8.18. The number of hydrogen-bond acceptors (Lipinski definition) is 2. The molecule has 2 nitrogen and oxygen atoms in total. The predicted octanol–water partition coefficient (Wildman–Crippen LogP) is 2.14. The van der Waals surface area contributed by atoms with Gasteiger partial charge in [0, 0.05) is 30.8 Å². The average Bonchev–Trinajstić information content (AvgIpc) is 2.15. The molecule has 0 aliphatic carbocycles. The molecule has 0 amide bonds. The van der Waals surface area contributed by atoms with E-state index in [4.69, 9.17) is 16.3 Å². The van der Waals surface area contributed by atoms with E-state index in [1.165, 1.54) is 0 Å². The van der Waals surface area contributed by atoms with E-state index in [0.717, 1.165) is 32.0 Å². The van der Waals surface area contributed by atoms with Crippen molar-refractivity contribution >= 4 is 11.6 Å². The summed E-state index contributed by atoms with van der Waals surface area (Å²) < 4.78 is 5.30. The summed E-state index contributed by atoms with van der Waals surface area (Å²) in [6.45, 7) is 8.37. The fraction of sp³-hybridized carbons (Fsp3) is 0.800. The van der Waals surface area contributed by atoms with Crippen LogP contribution in [-0.2, 0) is 4.74 Å². The third-order valence-corrected chi connectivity index (χ3v) is 2.72. The highest BCUT2D eigenvalue weighted by atomic mass is 35.5. The lowest BCUT2D eigenvalue weighted by atomic mass is 9.93. The van der Waals surface area contributed by atoms with Crippen LogP contribution in [0.2, 0.25) is 0 Å². The van der Waals surface area contributed by atoms with E-state index in [0.29, 0.717) is 17.6 Å². The van der Waals surface area contributed by atoms with E-state index in [2.05, 4.69) is 18.8 Å². The van der Waals surface area contributed by atoms with Crippen LogP contribution in [0.5, 0.6) is 0 Å². The lowest BCUT2D eigenvalue weighted by Crippen LogP contribution is -2.37. The molecule has 3 heteroatoms. The molecular formula is C10H18ClNO. The number of nitrogens with one attached hydrogen (secondary N) is 1. The predicted molar refractivity (Wildman–Crippen MR) is 56.0 cm³/mol. The topological polar surface area (TPSA) is 21.3 Å². The lowest BCUT2D eigenvalue weighted by Gasteiger charge is -2.28. The molecule has 0 saturated carbocycles. The molecule has 1 N–H and O–H groups in total. The Morgan fingerprint density at radius 1 is 1.62 bits per heavy atom. The second-order valence-corrected chi connectivity index (χ2v) is 4.17. The molecule has 1 aliphatic heterocycles. The Kier molecular flexibility index (Phi) is 4.78. The number of ether oxygens (including phenoxy) is 1. The van der Waals surface area contributed by atoms with Gasteiger partial charge in [0.25, 0.3) is 0 Å². The van der Waals surface area contributed by atoms with Gasteiger partial charge in [0.1, 0.15) is 0 Å². The van der Waals surface area contributed by atoms with Gasteiger partial charge in [-0.05, 0) is 25.7 Å². The monoisotopic (exact) mass is 203 g/mol. The molecule has 76 valence electrons. The zero-order valence-corrected chi connectivity index (χ0v) is 8.94. The molecule has 0 radical (unpaired) electrons. The van der Waals surface area contributed by atoms with E-state index < -0.39 is 0 Å². The van der Waals surface area contributed by atoms with Crippen LogP contribution in [0.25, 0.3) is 0 Å². The van der Waals surface area contributed by atoms with E-state index in [9.17, 15) is 0 Å². The Morgan fingerprint density at radius 3 is 2.77 bits per heavy atom. The van der Waals surface area contributed by atoms with Gasteiger partial charge in [0.2, 0.25) is 0 Å². The number of rotatable bonds is 4. The summed E-state index contributed by atoms with van der Waals surface area (Å²) in [4.78, 5) is 0. The maximum absolute atomic E-state index is 5.68. The molecule has 0 spiro atoms. The molecule has 1 heterocycles.